The van der Waals surface area contributed by atoms with Gasteiger partial charge in [-0.1, -0.05) is 46.5 Å². The fourth-order valence-electron chi connectivity index (χ4n) is 0.660. The molecule has 0 radical (unpaired) electrons. The first-order chi connectivity index (χ1) is 5.83. The van der Waals surface area contributed by atoms with Gasteiger partial charge in [-0.05, 0) is 6.42 Å². The maximum atomic E-state index is 9.62. The minimum Gasteiger partial charge on any atom is -0.468 e. The number of hydrogen-bond donors (Lipinski definition) is 0. The van der Waals surface area contributed by atoms with Crippen molar-refractivity contribution in [3.05, 3.63) is 0 Å². The predicted molar refractivity (Wildman–Crippen MR) is 52.1 cm³/mol. The molecule has 0 aromatic carbocycles. The molecule has 0 aliphatic carbocycles. The monoisotopic (exact) mass is 174 g/mol. The van der Waals surface area contributed by atoms with E-state index in [0.717, 1.165) is 6.42 Å². The Bertz CT molecular complexity index is 72.2. The quantitative estimate of drug-likeness (QED) is 0.456. The highest BCUT2D eigenvalue weighted by molar-refractivity contribution is 5.36. The topological polar surface area (TPSA) is 26.3 Å². The molecule has 0 aliphatic rings. The summed E-state index contributed by atoms with van der Waals surface area (Å²) in [6, 6.07) is 0. The summed E-state index contributed by atoms with van der Waals surface area (Å²) in [6.45, 7) is 7.50. The predicted octanol–water partition coefficient (Wildman–Crippen LogP) is 3.16. The SMILES string of the molecule is CCC.CCCCCCOC=O. The van der Waals surface area contributed by atoms with Crippen LogP contribution in [0, 0.1) is 0 Å². The Kier molecular flexibility index (Phi) is 19.7. The van der Waals surface area contributed by atoms with Crippen LogP contribution in [0.2, 0.25) is 0 Å². The molecule has 2 nitrogen and oxygen atoms in total. The molecule has 0 spiro atoms. The molecule has 0 saturated heterocycles. The summed E-state index contributed by atoms with van der Waals surface area (Å²) in [5, 5.41) is 0. The summed E-state index contributed by atoms with van der Waals surface area (Å²) in [5.41, 5.74) is 0. The molecule has 0 unspecified atom stereocenters. The average molecular weight is 174 g/mol. The summed E-state index contributed by atoms with van der Waals surface area (Å²) in [7, 11) is 0. The minimum atomic E-state index is 0.506. The van der Waals surface area contributed by atoms with Crippen molar-refractivity contribution in [3.8, 4) is 0 Å². The highest BCUT2D eigenvalue weighted by atomic mass is 16.5. The summed E-state index contributed by atoms with van der Waals surface area (Å²) >= 11 is 0. The van der Waals surface area contributed by atoms with Crippen LogP contribution in [0.15, 0.2) is 0 Å². The zero-order valence-electron chi connectivity index (χ0n) is 8.64. The van der Waals surface area contributed by atoms with Gasteiger partial charge in [0.05, 0.1) is 6.61 Å². The molecule has 0 amide bonds. The van der Waals surface area contributed by atoms with Gasteiger partial charge < -0.3 is 4.74 Å². The lowest BCUT2D eigenvalue weighted by Gasteiger charge is -1.95. The van der Waals surface area contributed by atoms with Crippen molar-refractivity contribution in [2.45, 2.75) is 52.9 Å². The van der Waals surface area contributed by atoms with Gasteiger partial charge in [-0.25, -0.2) is 0 Å². The van der Waals surface area contributed by atoms with Crippen molar-refractivity contribution >= 4 is 6.47 Å². The van der Waals surface area contributed by atoms with Crippen LogP contribution in [0.1, 0.15) is 52.9 Å². The molecule has 0 aromatic rings. The smallest absolute Gasteiger partial charge is 0.293 e. The van der Waals surface area contributed by atoms with E-state index in [1.165, 1.54) is 25.7 Å². The van der Waals surface area contributed by atoms with E-state index in [1.54, 1.807) is 0 Å². The third kappa shape index (κ3) is 22.7. The highest BCUT2D eigenvalue weighted by Crippen LogP contribution is 1.97. The molecule has 0 heterocycles. The van der Waals surface area contributed by atoms with Crippen LogP contribution < -0.4 is 0 Å². The second kappa shape index (κ2) is 16.8. The molecule has 12 heavy (non-hydrogen) atoms. The van der Waals surface area contributed by atoms with E-state index < -0.39 is 0 Å². The maximum absolute atomic E-state index is 9.62. The molecular weight excluding hydrogens is 152 g/mol. The summed E-state index contributed by atoms with van der Waals surface area (Å²) in [6.07, 6.45) is 5.89. The Morgan fingerprint density at radius 1 is 1.08 bits per heavy atom. The molecule has 0 fully saturated rings. The zero-order valence-corrected chi connectivity index (χ0v) is 8.64. The minimum absolute atomic E-state index is 0.506. The molecule has 74 valence electrons. The average Bonchev–Trinajstić information content (AvgIpc) is 2.06. The third-order valence-corrected chi connectivity index (χ3v) is 1.18. The summed E-state index contributed by atoms with van der Waals surface area (Å²) < 4.78 is 4.50. The van der Waals surface area contributed by atoms with E-state index >= 15 is 0 Å². The Morgan fingerprint density at radius 3 is 2.08 bits per heavy atom. The molecule has 0 aromatic heterocycles. The normalized spacial score (nSPS) is 8.25. The van der Waals surface area contributed by atoms with Gasteiger partial charge in [0.25, 0.3) is 6.47 Å². The molecule has 0 atom stereocenters. The number of carbonyl (C=O) groups is 1. The van der Waals surface area contributed by atoms with Crippen molar-refractivity contribution in [1.29, 1.82) is 0 Å². The first kappa shape index (κ1) is 14.0. The fraction of sp³-hybridized carbons (Fsp3) is 0.900. The molecule has 0 saturated carbocycles. The standard InChI is InChI=1S/C7H14O2.C3H8/c1-2-3-4-5-6-9-7-8;1-3-2/h7H,2-6H2,1H3;3H2,1-2H3. The van der Waals surface area contributed by atoms with Gasteiger partial charge in [0, 0.05) is 0 Å². The van der Waals surface area contributed by atoms with E-state index in [1.807, 2.05) is 0 Å². The fourth-order valence-corrected chi connectivity index (χ4v) is 0.660. The van der Waals surface area contributed by atoms with E-state index in [4.69, 9.17) is 0 Å². The summed E-state index contributed by atoms with van der Waals surface area (Å²) in [4.78, 5) is 9.62. The largest absolute Gasteiger partial charge is 0.468 e. The number of carbonyl (C=O) groups excluding carboxylic acids is 1. The Morgan fingerprint density at radius 2 is 1.67 bits per heavy atom. The summed E-state index contributed by atoms with van der Waals surface area (Å²) in [5.74, 6) is 0. The molecule has 0 bridgehead atoms. The number of ether oxygens (including phenoxy) is 1. The van der Waals surface area contributed by atoms with E-state index in [0.29, 0.717) is 13.1 Å². The molecule has 0 rings (SSSR count). The van der Waals surface area contributed by atoms with Crippen LogP contribution in [0.25, 0.3) is 0 Å². The lowest BCUT2D eigenvalue weighted by molar-refractivity contribution is -0.128. The van der Waals surface area contributed by atoms with Gasteiger partial charge in [0.15, 0.2) is 0 Å². The van der Waals surface area contributed by atoms with Crippen LogP contribution in [-0.4, -0.2) is 13.1 Å². The Balaban J connectivity index is 0. The molecule has 0 aliphatic heterocycles. The van der Waals surface area contributed by atoms with Crippen LogP contribution in [-0.2, 0) is 9.53 Å². The Hall–Kier alpha value is -0.530. The first-order valence-electron chi connectivity index (χ1n) is 4.88. The zero-order chi connectivity index (χ0) is 9.66. The van der Waals surface area contributed by atoms with Gasteiger partial charge in [0.1, 0.15) is 0 Å². The van der Waals surface area contributed by atoms with Crippen molar-refractivity contribution in [2.24, 2.45) is 0 Å². The van der Waals surface area contributed by atoms with Crippen molar-refractivity contribution in [2.75, 3.05) is 6.61 Å². The van der Waals surface area contributed by atoms with Crippen LogP contribution in [0.5, 0.6) is 0 Å². The van der Waals surface area contributed by atoms with Crippen molar-refractivity contribution in [1.82, 2.24) is 0 Å². The van der Waals surface area contributed by atoms with Crippen LogP contribution in [0.3, 0.4) is 0 Å². The number of unbranched alkanes of at least 4 members (excludes halogenated alkanes) is 3. The Labute approximate surface area is 76.3 Å². The van der Waals surface area contributed by atoms with Gasteiger partial charge in [0.2, 0.25) is 0 Å². The van der Waals surface area contributed by atoms with E-state index in [2.05, 4.69) is 25.5 Å². The number of rotatable bonds is 6. The lowest BCUT2D eigenvalue weighted by Crippen LogP contribution is -1.90. The molecule has 2 heteroatoms. The molecular formula is C10H22O2. The van der Waals surface area contributed by atoms with Crippen molar-refractivity contribution in [3.63, 3.8) is 0 Å². The lowest BCUT2D eigenvalue weighted by atomic mass is 10.2. The maximum Gasteiger partial charge on any atom is 0.293 e. The number of hydrogen-bond acceptors (Lipinski definition) is 2. The second-order valence-electron chi connectivity index (χ2n) is 2.73. The first-order valence-corrected chi connectivity index (χ1v) is 4.88. The van der Waals surface area contributed by atoms with E-state index in [-0.39, 0.29) is 0 Å². The van der Waals surface area contributed by atoms with E-state index in [9.17, 15) is 4.79 Å². The van der Waals surface area contributed by atoms with Gasteiger partial charge >= 0.3 is 0 Å². The van der Waals surface area contributed by atoms with Gasteiger partial charge in [-0.3, -0.25) is 4.79 Å². The van der Waals surface area contributed by atoms with Crippen molar-refractivity contribution < 1.29 is 9.53 Å². The van der Waals surface area contributed by atoms with Gasteiger partial charge in [-0.15, -0.1) is 0 Å². The van der Waals surface area contributed by atoms with Crippen LogP contribution >= 0.6 is 0 Å². The highest BCUT2D eigenvalue weighted by Gasteiger charge is 1.85. The second-order valence-corrected chi connectivity index (χ2v) is 2.73. The van der Waals surface area contributed by atoms with Gasteiger partial charge in [-0.2, -0.15) is 0 Å². The van der Waals surface area contributed by atoms with Crippen LogP contribution in [0.4, 0.5) is 0 Å². The third-order valence-electron chi connectivity index (χ3n) is 1.18. The molecule has 0 N–H and O–H groups in total.